The van der Waals surface area contributed by atoms with Crippen LogP contribution in [0.1, 0.15) is 34.6 Å². The second kappa shape index (κ2) is 8.76. The molecule has 148 valence electrons. The van der Waals surface area contributed by atoms with E-state index in [9.17, 15) is 14.0 Å². The maximum atomic E-state index is 14.2. The van der Waals surface area contributed by atoms with E-state index in [0.717, 1.165) is 11.1 Å². The van der Waals surface area contributed by atoms with E-state index in [-0.39, 0.29) is 16.4 Å². The van der Waals surface area contributed by atoms with Gasteiger partial charge in [-0.05, 0) is 61.9 Å². The van der Waals surface area contributed by atoms with Gasteiger partial charge in [-0.25, -0.2) is 4.39 Å². The smallest absolute Gasteiger partial charge is 0.262 e. The lowest BCUT2D eigenvalue weighted by atomic mass is 10.0. The molecular weight excluding hydrogens is 412 g/mol. The molecule has 3 aromatic carbocycles. The highest BCUT2D eigenvalue weighted by atomic mass is 35.5. The zero-order valence-electron chi connectivity index (χ0n) is 15.9. The van der Waals surface area contributed by atoms with Crippen LogP contribution >= 0.6 is 23.2 Å². The number of hydrogen-bond acceptors (Lipinski definition) is 2. The van der Waals surface area contributed by atoms with Crippen LogP contribution in [0.3, 0.4) is 0 Å². The predicted molar refractivity (Wildman–Crippen MR) is 116 cm³/mol. The molecule has 0 fully saturated rings. The summed E-state index contributed by atoms with van der Waals surface area (Å²) < 4.78 is 14.2. The van der Waals surface area contributed by atoms with Crippen molar-refractivity contribution >= 4 is 40.6 Å². The Bertz CT molecular complexity index is 1060. The lowest BCUT2D eigenvalue weighted by Gasteiger charge is -2.22. The number of anilines is 1. The molecule has 0 aromatic heterocycles. The molecule has 0 heterocycles. The van der Waals surface area contributed by atoms with Crippen molar-refractivity contribution in [1.29, 1.82) is 0 Å². The van der Waals surface area contributed by atoms with E-state index in [1.54, 1.807) is 49.4 Å². The van der Waals surface area contributed by atoms with Crippen LogP contribution in [-0.4, -0.2) is 18.2 Å². The molecule has 0 N–H and O–H groups in total. The molecule has 3 nitrogen and oxygen atoms in total. The van der Waals surface area contributed by atoms with Crippen LogP contribution in [-0.2, 0) is 0 Å². The third-order valence-corrected chi connectivity index (χ3v) is 5.25. The molecule has 0 saturated carbocycles. The molecule has 0 saturated heterocycles. The highest BCUT2D eigenvalue weighted by Gasteiger charge is 2.22. The van der Waals surface area contributed by atoms with Gasteiger partial charge in [-0.1, -0.05) is 41.4 Å². The van der Waals surface area contributed by atoms with Gasteiger partial charge in [0, 0.05) is 28.4 Å². The second-order valence-electron chi connectivity index (χ2n) is 6.44. The summed E-state index contributed by atoms with van der Waals surface area (Å²) in [5, 5.41) is 0.585. The number of Topliss-reactive ketones (excluding diaryl/α,β-unsaturated/α-hetero) is 1. The maximum Gasteiger partial charge on any atom is 0.262 e. The Morgan fingerprint density at radius 3 is 2.24 bits per heavy atom. The fourth-order valence-corrected chi connectivity index (χ4v) is 3.54. The van der Waals surface area contributed by atoms with Gasteiger partial charge in [-0.3, -0.25) is 9.59 Å². The Labute approximate surface area is 178 Å². The first-order valence-corrected chi connectivity index (χ1v) is 9.76. The predicted octanol–water partition coefficient (Wildman–Crippen LogP) is 6.67. The molecule has 1 amide bonds. The Hall–Kier alpha value is -2.69. The summed E-state index contributed by atoms with van der Waals surface area (Å²) in [4.78, 5) is 26.0. The standard InChI is InChI=1S/C23H18Cl2FNO2/c1-3-27(23(29)22-20(25)5-4-6-21(22)26)17-10-7-15(8-11-17)18-13-16(14(2)28)9-12-19(18)24/h4-13H,3H2,1-2H3. The molecule has 0 atom stereocenters. The van der Waals surface area contributed by atoms with E-state index in [1.807, 2.05) is 0 Å². The van der Waals surface area contributed by atoms with E-state index in [1.165, 1.54) is 30.0 Å². The molecular formula is C23H18Cl2FNO2. The number of hydrogen-bond donors (Lipinski definition) is 0. The molecule has 0 spiro atoms. The van der Waals surface area contributed by atoms with Crippen LogP contribution < -0.4 is 4.90 Å². The summed E-state index contributed by atoms with van der Waals surface area (Å²) in [6.07, 6.45) is 0. The van der Waals surface area contributed by atoms with Crippen molar-refractivity contribution in [3.05, 3.63) is 87.7 Å². The van der Waals surface area contributed by atoms with Gasteiger partial charge in [0.05, 0.1) is 10.6 Å². The minimum absolute atomic E-state index is 0.0518. The molecule has 29 heavy (non-hydrogen) atoms. The topological polar surface area (TPSA) is 37.4 Å². The van der Waals surface area contributed by atoms with E-state index >= 15 is 0 Å². The van der Waals surface area contributed by atoms with Gasteiger partial charge < -0.3 is 4.90 Å². The lowest BCUT2D eigenvalue weighted by molar-refractivity contribution is 0.0982. The lowest BCUT2D eigenvalue weighted by Crippen LogP contribution is -2.31. The minimum atomic E-state index is -0.662. The monoisotopic (exact) mass is 429 g/mol. The highest BCUT2D eigenvalue weighted by Crippen LogP contribution is 2.31. The summed E-state index contributed by atoms with van der Waals surface area (Å²) in [5.41, 5.74) is 2.52. The van der Waals surface area contributed by atoms with Crippen LogP contribution in [0.25, 0.3) is 11.1 Å². The Morgan fingerprint density at radius 2 is 1.66 bits per heavy atom. The van der Waals surface area contributed by atoms with Crippen molar-refractivity contribution in [3.63, 3.8) is 0 Å². The SMILES string of the molecule is CCN(C(=O)c1c(F)cccc1Cl)c1ccc(-c2cc(C(C)=O)ccc2Cl)cc1. The minimum Gasteiger partial charge on any atom is -0.309 e. The number of rotatable bonds is 5. The summed E-state index contributed by atoms with van der Waals surface area (Å²) in [5.74, 6) is -1.23. The average molecular weight is 430 g/mol. The highest BCUT2D eigenvalue weighted by molar-refractivity contribution is 6.34. The van der Waals surface area contributed by atoms with E-state index in [2.05, 4.69) is 0 Å². The van der Waals surface area contributed by atoms with Crippen LogP contribution in [0.2, 0.25) is 10.0 Å². The second-order valence-corrected chi connectivity index (χ2v) is 7.26. The van der Waals surface area contributed by atoms with Gasteiger partial charge in [-0.2, -0.15) is 0 Å². The van der Waals surface area contributed by atoms with Crippen molar-refractivity contribution < 1.29 is 14.0 Å². The first kappa shape index (κ1) is 21.0. The van der Waals surface area contributed by atoms with Gasteiger partial charge in [0.1, 0.15) is 5.82 Å². The van der Waals surface area contributed by atoms with E-state index < -0.39 is 11.7 Å². The third kappa shape index (κ3) is 4.34. The fourth-order valence-electron chi connectivity index (χ4n) is 3.07. The number of carbonyl (C=O) groups is 2. The van der Waals surface area contributed by atoms with E-state index in [4.69, 9.17) is 23.2 Å². The van der Waals surface area contributed by atoms with Crippen molar-refractivity contribution in [2.24, 2.45) is 0 Å². The zero-order valence-corrected chi connectivity index (χ0v) is 17.4. The molecule has 0 aliphatic heterocycles. The number of nitrogens with zero attached hydrogens (tertiary/aromatic N) is 1. The van der Waals surface area contributed by atoms with Crippen molar-refractivity contribution in [2.45, 2.75) is 13.8 Å². The van der Waals surface area contributed by atoms with Crippen LogP contribution in [0.4, 0.5) is 10.1 Å². The van der Waals surface area contributed by atoms with Crippen LogP contribution in [0.15, 0.2) is 60.7 Å². The Morgan fingerprint density at radius 1 is 0.966 bits per heavy atom. The zero-order chi connectivity index (χ0) is 21.1. The Balaban J connectivity index is 1.96. The molecule has 0 unspecified atom stereocenters. The van der Waals surface area contributed by atoms with Crippen molar-refractivity contribution in [3.8, 4) is 11.1 Å². The third-order valence-electron chi connectivity index (χ3n) is 4.60. The molecule has 3 rings (SSSR count). The summed E-state index contributed by atoms with van der Waals surface area (Å²) in [6, 6.07) is 16.4. The van der Waals surface area contributed by atoms with Crippen molar-refractivity contribution in [2.75, 3.05) is 11.4 Å². The van der Waals surface area contributed by atoms with Gasteiger partial charge in [0.2, 0.25) is 0 Å². The maximum absolute atomic E-state index is 14.2. The van der Waals surface area contributed by atoms with E-state index in [0.29, 0.717) is 22.8 Å². The first-order valence-electron chi connectivity index (χ1n) is 9.00. The van der Waals surface area contributed by atoms with Gasteiger partial charge in [0.25, 0.3) is 5.91 Å². The summed E-state index contributed by atoms with van der Waals surface area (Å²) >= 11 is 12.3. The summed E-state index contributed by atoms with van der Waals surface area (Å²) in [7, 11) is 0. The average Bonchev–Trinajstić information content (AvgIpc) is 2.69. The molecule has 0 aliphatic rings. The summed E-state index contributed by atoms with van der Waals surface area (Å²) in [6.45, 7) is 3.63. The number of benzene rings is 3. The van der Waals surface area contributed by atoms with Gasteiger partial charge >= 0.3 is 0 Å². The number of amides is 1. The normalized spacial score (nSPS) is 10.7. The largest absolute Gasteiger partial charge is 0.309 e. The number of ketones is 1. The molecule has 0 radical (unpaired) electrons. The van der Waals surface area contributed by atoms with Crippen molar-refractivity contribution in [1.82, 2.24) is 0 Å². The van der Waals surface area contributed by atoms with Gasteiger partial charge in [-0.15, -0.1) is 0 Å². The quantitative estimate of drug-likeness (QED) is 0.424. The number of halogens is 3. The first-order chi connectivity index (χ1) is 13.8. The molecule has 0 aliphatic carbocycles. The van der Waals surface area contributed by atoms with Crippen LogP contribution in [0, 0.1) is 5.82 Å². The van der Waals surface area contributed by atoms with Crippen LogP contribution in [0.5, 0.6) is 0 Å². The molecule has 6 heteroatoms. The Kier molecular flexibility index (Phi) is 6.36. The molecule has 0 bridgehead atoms. The molecule has 3 aromatic rings. The fraction of sp³-hybridized carbons (Fsp3) is 0.130. The number of carbonyl (C=O) groups excluding carboxylic acids is 2. The van der Waals surface area contributed by atoms with Gasteiger partial charge in [0.15, 0.2) is 5.78 Å².